The van der Waals surface area contributed by atoms with Gasteiger partial charge in [0, 0.05) is 22.1 Å². The topological polar surface area (TPSA) is 66.5 Å². The highest BCUT2D eigenvalue weighted by Crippen LogP contribution is 2.43. The Morgan fingerprint density at radius 3 is 2.65 bits per heavy atom. The van der Waals surface area contributed by atoms with Crippen molar-refractivity contribution in [3.63, 3.8) is 0 Å². The number of rotatable bonds is 3. The van der Waals surface area contributed by atoms with E-state index in [4.69, 9.17) is 0 Å². The fourth-order valence-electron chi connectivity index (χ4n) is 2.66. The highest BCUT2D eigenvalue weighted by molar-refractivity contribution is 9.10. The minimum absolute atomic E-state index is 0.217. The van der Waals surface area contributed by atoms with Gasteiger partial charge in [-0.1, -0.05) is 34.1 Å². The number of hydrogen-bond donors (Lipinski definition) is 1. The van der Waals surface area contributed by atoms with Gasteiger partial charge in [0.25, 0.3) is 10.0 Å². The van der Waals surface area contributed by atoms with Crippen LogP contribution in [0.3, 0.4) is 0 Å². The van der Waals surface area contributed by atoms with Crippen molar-refractivity contribution in [1.29, 1.82) is 0 Å². The molecule has 1 heterocycles. The quantitative estimate of drug-likeness (QED) is 0.869. The van der Waals surface area contributed by atoms with Gasteiger partial charge in [0.1, 0.15) is 6.54 Å². The summed E-state index contributed by atoms with van der Waals surface area (Å²) in [5, 5.41) is 2.64. The fraction of sp³-hybridized carbons (Fsp3) is 0.188. The molecule has 1 amide bonds. The molecule has 0 saturated carbocycles. The zero-order chi connectivity index (χ0) is 16.6. The van der Waals surface area contributed by atoms with E-state index in [-0.39, 0.29) is 17.3 Å². The Kier molecular flexibility index (Phi) is 4.16. The third kappa shape index (κ3) is 2.74. The number of nitrogens with zero attached hydrogens (tertiary/aromatic N) is 1. The van der Waals surface area contributed by atoms with Crippen LogP contribution < -0.4 is 9.62 Å². The summed E-state index contributed by atoms with van der Waals surface area (Å²) in [5.41, 5.74) is 1.95. The number of carbonyl (C=O) groups is 1. The van der Waals surface area contributed by atoms with Crippen LogP contribution in [0.25, 0.3) is 11.1 Å². The van der Waals surface area contributed by atoms with Gasteiger partial charge in [-0.3, -0.25) is 9.10 Å². The van der Waals surface area contributed by atoms with Crippen molar-refractivity contribution in [2.45, 2.75) is 11.8 Å². The first-order valence-electron chi connectivity index (χ1n) is 7.13. The molecule has 0 bridgehead atoms. The Morgan fingerprint density at radius 2 is 1.91 bits per heavy atom. The van der Waals surface area contributed by atoms with Crippen LogP contribution in [0.15, 0.2) is 51.8 Å². The number of benzene rings is 2. The van der Waals surface area contributed by atoms with E-state index < -0.39 is 10.0 Å². The van der Waals surface area contributed by atoms with Crippen LogP contribution in [-0.4, -0.2) is 27.4 Å². The highest BCUT2D eigenvalue weighted by atomic mass is 79.9. The fourth-order valence-corrected chi connectivity index (χ4v) is 4.67. The van der Waals surface area contributed by atoms with E-state index in [1.165, 1.54) is 4.31 Å². The third-order valence-electron chi connectivity index (χ3n) is 3.63. The number of hydrogen-bond acceptors (Lipinski definition) is 3. The molecular weight excluding hydrogens is 380 g/mol. The Balaban J connectivity index is 2.21. The molecule has 0 aromatic heterocycles. The Labute approximate surface area is 143 Å². The maximum atomic E-state index is 12.9. The summed E-state index contributed by atoms with van der Waals surface area (Å²) in [6.45, 7) is 2.01. The number of sulfonamides is 1. The van der Waals surface area contributed by atoms with Gasteiger partial charge in [0.2, 0.25) is 5.91 Å². The molecule has 1 aliphatic rings. The maximum absolute atomic E-state index is 12.9. The van der Waals surface area contributed by atoms with Crippen molar-refractivity contribution in [3.8, 4) is 11.1 Å². The van der Waals surface area contributed by atoms with Gasteiger partial charge < -0.3 is 5.32 Å². The molecule has 7 heteroatoms. The van der Waals surface area contributed by atoms with Gasteiger partial charge in [-0.05, 0) is 31.2 Å². The van der Waals surface area contributed by atoms with Crippen LogP contribution >= 0.6 is 15.9 Å². The summed E-state index contributed by atoms with van der Waals surface area (Å²) in [5.74, 6) is -0.329. The van der Waals surface area contributed by atoms with Crippen molar-refractivity contribution in [1.82, 2.24) is 5.32 Å². The smallest absolute Gasteiger partial charge is 0.265 e. The lowest BCUT2D eigenvalue weighted by atomic mass is 10.0. The predicted octanol–water partition coefficient (Wildman–Crippen LogP) is 2.76. The van der Waals surface area contributed by atoms with Gasteiger partial charge >= 0.3 is 0 Å². The summed E-state index contributed by atoms with van der Waals surface area (Å²) in [4.78, 5) is 12.2. The molecule has 2 aromatic carbocycles. The predicted molar refractivity (Wildman–Crippen MR) is 92.8 cm³/mol. The molecule has 0 aliphatic carbocycles. The molecule has 5 nitrogen and oxygen atoms in total. The molecular formula is C16H15BrN2O3S. The molecule has 23 heavy (non-hydrogen) atoms. The number of halogens is 1. The van der Waals surface area contributed by atoms with Gasteiger partial charge in [-0.25, -0.2) is 8.42 Å². The second-order valence-electron chi connectivity index (χ2n) is 5.12. The maximum Gasteiger partial charge on any atom is 0.265 e. The molecule has 0 atom stereocenters. The second-order valence-corrected chi connectivity index (χ2v) is 7.87. The minimum Gasteiger partial charge on any atom is -0.355 e. The first-order chi connectivity index (χ1) is 10.9. The van der Waals surface area contributed by atoms with Crippen molar-refractivity contribution in [3.05, 3.63) is 46.9 Å². The molecule has 120 valence electrons. The van der Waals surface area contributed by atoms with Gasteiger partial charge in [0.05, 0.1) is 10.6 Å². The van der Waals surface area contributed by atoms with Crippen molar-refractivity contribution in [2.75, 3.05) is 17.4 Å². The van der Waals surface area contributed by atoms with Crippen LogP contribution in [-0.2, 0) is 14.8 Å². The van der Waals surface area contributed by atoms with Gasteiger partial charge in [0.15, 0.2) is 0 Å². The zero-order valence-corrected chi connectivity index (χ0v) is 14.8. The van der Waals surface area contributed by atoms with E-state index >= 15 is 0 Å². The second kappa shape index (κ2) is 5.98. The van der Waals surface area contributed by atoms with E-state index in [9.17, 15) is 13.2 Å². The summed E-state index contributed by atoms with van der Waals surface area (Å²) < 4.78 is 27.9. The average molecular weight is 395 g/mol. The Bertz CT molecular complexity index is 881. The lowest BCUT2D eigenvalue weighted by Crippen LogP contribution is -2.42. The molecule has 1 N–H and O–H groups in total. The molecule has 0 fully saturated rings. The zero-order valence-electron chi connectivity index (χ0n) is 12.4. The number of fused-ring (bicyclic) bond motifs is 3. The van der Waals surface area contributed by atoms with E-state index in [1.54, 1.807) is 43.3 Å². The monoisotopic (exact) mass is 394 g/mol. The molecule has 0 unspecified atom stereocenters. The van der Waals surface area contributed by atoms with E-state index in [0.717, 1.165) is 10.0 Å². The third-order valence-corrected chi connectivity index (χ3v) is 5.94. The summed E-state index contributed by atoms with van der Waals surface area (Å²) in [6, 6.07) is 12.2. The molecule has 0 radical (unpaired) electrons. The molecule has 2 aromatic rings. The number of carbonyl (C=O) groups excluding carboxylic acids is 1. The average Bonchev–Trinajstić information content (AvgIpc) is 2.52. The lowest BCUT2D eigenvalue weighted by Gasteiger charge is -2.31. The molecule has 0 saturated heterocycles. The SMILES string of the molecule is CCNC(=O)CN1c2ccc(Br)cc2-c2ccccc2S1(=O)=O. The first kappa shape index (κ1) is 16.0. The van der Waals surface area contributed by atoms with Gasteiger partial charge in [-0.2, -0.15) is 0 Å². The molecule has 1 aliphatic heterocycles. The van der Waals surface area contributed by atoms with E-state index in [0.29, 0.717) is 17.8 Å². The highest BCUT2D eigenvalue weighted by Gasteiger charge is 2.35. The number of anilines is 1. The summed E-state index contributed by atoms with van der Waals surface area (Å²) >= 11 is 3.42. The minimum atomic E-state index is -3.77. The van der Waals surface area contributed by atoms with Gasteiger partial charge in [-0.15, -0.1) is 0 Å². The van der Waals surface area contributed by atoms with E-state index in [1.807, 2.05) is 6.07 Å². The van der Waals surface area contributed by atoms with Crippen LogP contribution in [0.1, 0.15) is 6.92 Å². The van der Waals surface area contributed by atoms with Crippen LogP contribution in [0.4, 0.5) is 5.69 Å². The summed E-state index contributed by atoms with van der Waals surface area (Å²) in [6.07, 6.45) is 0. The lowest BCUT2D eigenvalue weighted by molar-refractivity contribution is -0.119. The summed E-state index contributed by atoms with van der Waals surface area (Å²) in [7, 11) is -3.77. The number of nitrogens with one attached hydrogen (secondary N) is 1. The first-order valence-corrected chi connectivity index (χ1v) is 9.37. The van der Waals surface area contributed by atoms with Crippen LogP contribution in [0, 0.1) is 0 Å². The Morgan fingerprint density at radius 1 is 1.17 bits per heavy atom. The normalized spacial score (nSPS) is 14.8. The van der Waals surface area contributed by atoms with Crippen molar-refractivity contribution in [2.24, 2.45) is 0 Å². The molecule has 0 spiro atoms. The molecule has 3 rings (SSSR count). The largest absolute Gasteiger partial charge is 0.355 e. The Hall–Kier alpha value is -1.86. The van der Waals surface area contributed by atoms with Crippen molar-refractivity contribution >= 4 is 37.5 Å². The van der Waals surface area contributed by atoms with Crippen molar-refractivity contribution < 1.29 is 13.2 Å². The van der Waals surface area contributed by atoms with Crippen LogP contribution in [0.2, 0.25) is 0 Å². The standard InChI is InChI=1S/C16H15BrN2O3S/c1-2-18-16(20)10-19-14-8-7-11(17)9-13(14)12-5-3-4-6-15(12)23(19,21)22/h3-9H,2,10H2,1H3,(H,18,20). The number of amides is 1. The van der Waals surface area contributed by atoms with E-state index in [2.05, 4.69) is 21.2 Å². The van der Waals surface area contributed by atoms with Crippen LogP contribution in [0.5, 0.6) is 0 Å². The number of likely N-dealkylation sites (N-methyl/N-ethyl adjacent to an activating group) is 1.